The highest BCUT2D eigenvalue weighted by Gasteiger charge is 2.45. The van der Waals surface area contributed by atoms with Gasteiger partial charge in [0.2, 0.25) is 0 Å². The summed E-state index contributed by atoms with van der Waals surface area (Å²) < 4.78 is 0. The number of hydrogen-bond donors (Lipinski definition) is 0. The molecule has 0 aliphatic heterocycles. The Kier molecular flexibility index (Phi) is 9.99. The first-order valence-corrected chi connectivity index (χ1v) is 24.4. The molecule has 0 atom stereocenters. The third-order valence-electron chi connectivity index (χ3n) is 16.5. The van der Waals surface area contributed by atoms with Crippen LogP contribution in [-0.4, -0.2) is 0 Å². The summed E-state index contributed by atoms with van der Waals surface area (Å²) in [7, 11) is 0. The van der Waals surface area contributed by atoms with E-state index in [1.165, 1.54) is 89.5 Å². The lowest BCUT2D eigenvalue weighted by Crippen LogP contribution is -2.25. The maximum Gasteiger partial charge on any atom is 0.0564 e. The van der Waals surface area contributed by atoms with Crippen LogP contribution in [0.3, 0.4) is 0 Å². The molecule has 0 radical (unpaired) electrons. The Bertz CT molecular complexity index is 3070. The van der Waals surface area contributed by atoms with Gasteiger partial charge in [0.15, 0.2) is 0 Å². The molecule has 0 N–H and O–H groups in total. The molecule has 0 bridgehead atoms. The predicted octanol–water partition coefficient (Wildman–Crippen LogP) is 17.9. The Morgan fingerprint density at radius 3 is 1.11 bits per heavy atom. The highest BCUT2D eigenvalue weighted by molar-refractivity contribution is 5.99. The molecule has 3 aliphatic carbocycles. The molecular formula is C63H60N2. The second-order valence-electron chi connectivity index (χ2n) is 18.7. The van der Waals surface area contributed by atoms with Gasteiger partial charge in [0.25, 0.3) is 0 Å². The minimum absolute atomic E-state index is 0.0435. The molecule has 322 valence electrons. The van der Waals surface area contributed by atoms with Crippen molar-refractivity contribution >= 4 is 34.1 Å². The molecule has 11 rings (SSSR count). The van der Waals surface area contributed by atoms with E-state index in [1.807, 2.05) is 0 Å². The Morgan fingerprint density at radius 1 is 0.277 bits per heavy atom. The van der Waals surface area contributed by atoms with Crippen LogP contribution in [0.25, 0.3) is 33.4 Å². The lowest BCUT2D eigenvalue weighted by atomic mass is 9.73. The summed E-state index contributed by atoms with van der Waals surface area (Å²) >= 11 is 0. The maximum absolute atomic E-state index is 2.58. The van der Waals surface area contributed by atoms with Gasteiger partial charge in [-0.2, -0.15) is 0 Å². The molecule has 65 heavy (non-hydrogen) atoms. The largest absolute Gasteiger partial charge is 0.310 e. The molecule has 0 aromatic heterocycles. The molecule has 8 aromatic rings. The summed E-state index contributed by atoms with van der Waals surface area (Å²) in [5.41, 5.74) is 23.6. The number of nitrogens with zero attached hydrogens (tertiary/aromatic N) is 2. The van der Waals surface area contributed by atoms with Crippen LogP contribution < -0.4 is 9.80 Å². The maximum atomic E-state index is 2.58. The summed E-state index contributed by atoms with van der Waals surface area (Å²) in [5.74, 6) is 0. The van der Waals surface area contributed by atoms with Crippen LogP contribution in [0.4, 0.5) is 34.1 Å². The second kappa shape index (κ2) is 15.8. The van der Waals surface area contributed by atoms with Gasteiger partial charge in [-0.25, -0.2) is 0 Å². The molecule has 8 aromatic carbocycles. The first kappa shape index (κ1) is 41.1. The number of para-hydroxylation sites is 2. The average Bonchev–Trinajstić information content (AvgIpc) is 3.94. The normalized spacial score (nSPS) is 15.0. The van der Waals surface area contributed by atoms with Gasteiger partial charge in [-0.15, -0.1) is 0 Å². The topological polar surface area (TPSA) is 6.48 Å². The van der Waals surface area contributed by atoms with Crippen LogP contribution in [0.5, 0.6) is 0 Å². The minimum atomic E-state index is -0.153. The van der Waals surface area contributed by atoms with E-state index in [-0.39, 0.29) is 16.2 Å². The minimum Gasteiger partial charge on any atom is -0.310 e. The van der Waals surface area contributed by atoms with E-state index in [2.05, 4.69) is 233 Å². The van der Waals surface area contributed by atoms with Crippen LogP contribution in [0, 0.1) is 0 Å². The number of benzene rings is 8. The number of rotatable bonds is 12. The standard InChI is InChI=1S/C63H60N2/c1-7-61(8-2)53-32-22-19-29-48(53)50-37-35-45(39-56(50)61)64(43-25-15-13-16-26-43)47-41-58-60(52-31-21-24-34-55(52)63(58,11-5)12-6)59(42-47)65(44-27-17-14-18-28-44)46-36-38-51-49-30-20-23-33-54(49)62(9-3,10-4)57(51)40-46/h13-42H,7-12H2,1-6H3. The summed E-state index contributed by atoms with van der Waals surface area (Å²) in [5, 5.41) is 0. The third kappa shape index (κ3) is 5.78. The lowest BCUT2D eigenvalue weighted by Gasteiger charge is -2.35. The Hall–Kier alpha value is -6.64. The van der Waals surface area contributed by atoms with E-state index in [4.69, 9.17) is 0 Å². The molecule has 0 fully saturated rings. The monoisotopic (exact) mass is 844 g/mol. The van der Waals surface area contributed by atoms with Gasteiger partial charge in [0.1, 0.15) is 0 Å². The van der Waals surface area contributed by atoms with Crippen LogP contribution in [0.1, 0.15) is 113 Å². The number of fused-ring (bicyclic) bond motifs is 9. The summed E-state index contributed by atoms with van der Waals surface area (Å²) in [4.78, 5) is 5.13. The molecule has 3 aliphatic rings. The summed E-state index contributed by atoms with van der Waals surface area (Å²) in [6, 6.07) is 69.5. The molecule has 0 amide bonds. The van der Waals surface area contributed by atoms with Crippen molar-refractivity contribution in [2.24, 2.45) is 0 Å². The van der Waals surface area contributed by atoms with Crippen LogP contribution >= 0.6 is 0 Å². The van der Waals surface area contributed by atoms with Crippen LogP contribution in [0.2, 0.25) is 0 Å². The van der Waals surface area contributed by atoms with Gasteiger partial charge in [-0.05, 0) is 160 Å². The van der Waals surface area contributed by atoms with Gasteiger partial charge in [-0.3, -0.25) is 0 Å². The molecule has 0 unspecified atom stereocenters. The van der Waals surface area contributed by atoms with Crippen molar-refractivity contribution in [3.8, 4) is 33.4 Å². The van der Waals surface area contributed by atoms with Crippen molar-refractivity contribution in [3.05, 3.63) is 215 Å². The SMILES string of the molecule is CCC1(CC)c2ccccc2-c2ccc(N(c3ccccc3)c3cc(N(c4ccccc4)c4ccc5c(c4)C(CC)(CC)c4ccccc4-5)c4c(c3)C(CC)(CC)c3ccccc3-4)cc21. The van der Waals surface area contributed by atoms with Gasteiger partial charge in [0.05, 0.1) is 5.69 Å². The van der Waals surface area contributed by atoms with Crippen molar-refractivity contribution in [1.82, 2.24) is 0 Å². The van der Waals surface area contributed by atoms with E-state index in [0.717, 1.165) is 49.9 Å². The fourth-order valence-electron chi connectivity index (χ4n) is 13.1. The highest BCUT2D eigenvalue weighted by Crippen LogP contribution is 2.61. The van der Waals surface area contributed by atoms with Gasteiger partial charge >= 0.3 is 0 Å². The first-order valence-electron chi connectivity index (χ1n) is 24.4. The molecule has 0 spiro atoms. The van der Waals surface area contributed by atoms with E-state index >= 15 is 0 Å². The third-order valence-corrected chi connectivity index (χ3v) is 16.5. The van der Waals surface area contributed by atoms with Gasteiger partial charge in [0, 0.05) is 50.2 Å². The zero-order chi connectivity index (χ0) is 44.5. The lowest BCUT2D eigenvalue weighted by molar-refractivity contribution is 0.490. The smallest absolute Gasteiger partial charge is 0.0564 e. The molecule has 0 saturated carbocycles. The fraction of sp³-hybridized carbons (Fsp3) is 0.238. The van der Waals surface area contributed by atoms with Crippen LogP contribution in [0.15, 0.2) is 182 Å². The zero-order valence-corrected chi connectivity index (χ0v) is 39.0. The number of anilines is 6. The first-order chi connectivity index (χ1) is 31.9. The second-order valence-corrected chi connectivity index (χ2v) is 18.7. The number of hydrogen-bond acceptors (Lipinski definition) is 2. The van der Waals surface area contributed by atoms with Crippen molar-refractivity contribution in [3.63, 3.8) is 0 Å². The summed E-state index contributed by atoms with van der Waals surface area (Å²) in [6.45, 7) is 14.3. The molecule has 2 nitrogen and oxygen atoms in total. The van der Waals surface area contributed by atoms with E-state index in [0.29, 0.717) is 0 Å². The Labute approximate surface area is 387 Å². The van der Waals surface area contributed by atoms with Crippen molar-refractivity contribution in [2.75, 3.05) is 9.80 Å². The Morgan fingerprint density at radius 2 is 0.631 bits per heavy atom. The zero-order valence-electron chi connectivity index (χ0n) is 39.0. The summed E-state index contributed by atoms with van der Waals surface area (Å²) in [6.07, 6.45) is 6.21. The molecule has 0 saturated heterocycles. The van der Waals surface area contributed by atoms with E-state index in [9.17, 15) is 0 Å². The van der Waals surface area contributed by atoms with Crippen molar-refractivity contribution in [1.29, 1.82) is 0 Å². The molecule has 2 heteroatoms. The quantitative estimate of drug-likeness (QED) is 0.121. The van der Waals surface area contributed by atoms with Crippen molar-refractivity contribution < 1.29 is 0 Å². The average molecular weight is 845 g/mol. The fourth-order valence-corrected chi connectivity index (χ4v) is 13.1. The van der Waals surface area contributed by atoms with E-state index < -0.39 is 0 Å². The van der Waals surface area contributed by atoms with Gasteiger partial charge < -0.3 is 9.80 Å². The van der Waals surface area contributed by atoms with Crippen molar-refractivity contribution in [2.45, 2.75) is 96.3 Å². The molecular weight excluding hydrogens is 785 g/mol. The molecule has 0 heterocycles. The highest BCUT2D eigenvalue weighted by atomic mass is 15.2. The van der Waals surface area contributed by atoms with Gasteiger partial charge in [-0.1, -0.05) is 163 Å². The predicted molar refractivity (Wildman–Crippen MR) is 276 cm³/mol. The Balaban J connectivity index is 1.21. The van der Waals surface area contributed by atoms with Crippen LogP contribution in [-0.2, 0) is 16.2 Å². The van der Waals surface area contributed by atoms with E-state index in [1.54, 1.807) is 0 Å².